The van der Waals surface area contributed by atoms with Gasteiger partial charge in [-0.25, -0.2) is 8.78 Å². The number of aliphatic carboxylic acids is 1. The number of hydrogen-bond donors (Lipinski definition) is 1. The highest BCUT2D eigenvalue weighted by Gasteiger charge is 2.30. The number of amides is 1. The fourth-order valence-corrected chi connectivity index (χ4v) is 2.32. The zero-order valence-electron chi connectivity index (χ0n) is 10.8. The van der Waals surface area contributed by atoms with Crippen molar-refractivity contribution in [3.05, 3.63) is 35.4 Å². The molecular weight excluding hydrogens is 268 g/mol. The van der Waals surface area contributed by atoms with Crippen molar-refractivity contribution in [3.63, 3.8) is 0 Å². The maximum Gasteiger partial charge on any atom is 0.308 e. The number of aryl methyl sites for hydroxylation is 1. The average molecular weight is 283 g/mol. The number of hydrogen-bond acceptors (Lipinski definition) is 2. The summed E-state index contributed by atoms with van der Waals surface area (Å²) in [6.45, 7) is 0.598. The highest BCUT2D eigenvalue weighted by molar-refractivity contribution is 5.78. The van der Waals surface area contributed by atoms with E-state index in [-0.39, 0.29) is 30.9 Å². The lowest BCUT2D eigenvalue weighted by Gasteiger charge is -2.15. The fourth-order valence-electron chi connectivity index (χ4n) is 2.32. The molecule has 0 unspecified atom stereocenters. The maximum absolute atomic E-state index is 13.4. The molecule has 2 rings (SSSR count). The van der Waals surface area contributed by atoms with E-state index < -0.39 is 23.5 Å². The molecule has 6 heteroatoms. The first-order valence-corrected chi connectivity index (χ1v) is 6.42. The van der Waals surface area contributed by atoms with Crippen LogP contribution in [-0.2, 0) is 16.0 Å². The molecule has 1 aliphatic rings. The molecule has 1 atom stereocenters. The number of benzene rings is 1. The second kappa shape index (κ2) is 5.98. The number of carboxylic acid groups (broad SMARTS) is 1. The van der Waals surface area contributed by atoms with Crippen LogP contribution < -0.4 is 0 Å². The van der Waals surface area contributed by atoms with Gasteiger partial charge in [0.25, 0.3) is 0 Å². The highest BCUT2D eigenvalue weighted by atomic mass is 19.1. The van der Waals surface area contributed by atoms with Crippen LogP contribution in [-0.4, -0.2) is 35.0 Å². The molecule has 20 heavy (non-hydrogen) atoms. The first kappa shape index (κ1) is 14.4. The van der Waals surface area contributed by atoms with Gasteiger partial charge in [-0.1, -0.05) is 0 Å². The normalized spacial score (nSPS) is 18.3. The molecule has 0 radical (unpaired) electrons. The van der Waals surface area contributed by atoms with Crippen molar-refractivity contribution in [2.45, 2.75) is 19.3 Å². The minimum atomic E-state index is -0.906. The predicted molar refractivity (Wildman–Crippen MR) is 67.0 cm³/mol. The van der Waals surface area contributed by atoms with E-state index in [2.05, 4.69) is 0 Å². The summed E-state index contributed by atoms with van der Waals surface area (Å²) in [5, 5.41) is 8.86. The zero-order valence-corrected chi connectivity index (χ0v) is 10.8. The van der Waals surface area contributed by atoms with Crippen molar-refractivity contribution < 1.29 is 23.5 Å². The minimum absolute atomic E-state index is 0.0483. The van der Waals surface area contributed by atoms with Crippen LogP contribution in [0.3, 0.4) is 0 Å². The van der Waals surface area contributed by atoms with Crippen LogP contribution >= 0.6 is 0 Å². The Kier molecular flexibility index (Phi) is 4.32. The number of likely N-dealkylation sites (tertiary alicyclic amines) is 1. The van der Waals surface area contributed by atoms with Crippen LogP contribution in [0.15, 0.2) is 18.2 Å². The van der Waals surface area contributed by atoms with Gasteiger partial charge < -0.3 is 10.0 Å². The van der Waals surface area contributed by atoms with Crippen LogP contribution in [0.2, 0.25) is 0 Å². The number of carboxylic acids is 1. The largest absolute Gasteiger partial charge is 0.481 e. The Bertz CT molecular complexity index is 533. The van der Waals surface area contributed by atoms with Gasteiger partial charge in [0.1, 0.15) is 11.6 Å². The second-order valence-electron chi connectivity index (χ2n) is 4.90. The SMILES string of the molecule is O=C(O)[C@H]1CCN(C(=O)CCc2cc(F)ccc2F)C1. The van der Waals surface area contributed by atoms with E-state index in [0.717, 1.165) is 18.2 Å². The molecule has 1 aromatic carbocycles. The molecule has 1 amide bonds. The quantitative estimate of drug-likeness (QED) is 0.917. The van der Waals surface area contributed by atoms with E-state index in [1.54, 1.807) is 0 Å². The van der Waals surface area contributed by atoms with Crippen LogP contribution in [0.25, 0.3) is 0 Å². The molecule has 0 aromatic heterocycles. The van der Waals surface area contributed by atoms with E-state index in [9.17, 15) is 18.4 Å². The molecule has 1 saturated heterocycles. The Morgan fingerprint density at radius 2 is 2.10 bits per heavy atom. The topological polar surface area (TPSA) is 57.6 Å². The van der Waals surface area contributed by atoms with Crippen LogP contribution in [0, 0.1) is 17.6 Å². The lowest BCUT2D eigenvalue weighted by molar-refractivity contribution is -0.141. The summed E-state index contributed by atoms with van der Waals surface area (Å²) >= 11 is 0. The monoisotopic (exact) mass is 283 g/mol. The molecule has 1 N–H and O–H groups in total. The molecular formula is C14H15F2NO3. The number of halogens is 2. The van der Waals surface area contributed by atoms with Gasteiger partial charge in [0.05, 0.1) is 5.92 Å². The summed E-state index contributed by atoms with van der Waals surface area (Å²) in [7, 11) is 0. The van der Waals surface area contributed by atoms with Crippen molar-refractivity contribution in [3.8, 4) is 0 Å². The van der Waals surface area contributed by atoms with Crippen molar-refractivity contribution in [1.82, 2.24) is 4.90 Å². The zero-order chi connectivity index (χ0) is 14.7. The van der Waals surface area contributed by atoms with Crippen LogP contribution in [0.5, 0.6) is 0 Å². The molecule has 0 bridgehead atoms. The van der Waals surface area contributed by atoms with Gasteiger partial charge in [-0.3, -0.25) is 9.59 Å². The third-order valence-electron chi connectivity index (χ3n) is 3.51. The van der Waals surface area contributed by atoms with Crippen molar-refractivity contribution in [2.75, 3.05) is 13.1 Å². The molecule has 1 aromatic rings. The maximum atomic E-state index is 13.4. The molecule has 4 nitrogen and oxygen atoms in total. The Morgan fingerprint density at radius 3 is 2.75 bits per heavy atom. The molecule has 0 saturated carbocycles. The predicted octanol–water partition coefficient (Wildman–Crippen LogP) is 1.83. The van der Waals surface area contributed by atoms with Crippen LogP contribution in [0.1, 0.15) is 18.4 Å². The fraction of sp³-hybridized carbons (Fsp3) is 0.429. The van der Waals surface area contributed by atoms with Gasteiger partial charge in [0.15, 0.2) is 0 Å². The van der Waals surface area contributed by atoms with E-state index in [4.69, 9.17) is 5.11 Å². The minimum Gasteiger partial charge on any atom is -0.481 e. The third-order valence-corrected chi connectivity index (χ3v) is 3.51. The molecule has 108 valence electrons. The van der Waals surface area contributed by atoms with E-state index in [0.29, 0.717) is 13.0 Å². The van der Waals surface area contributed by atoms with Gasteiger partial charge in [-0.05, 0) is 36.6 Å². The number of carbonyl (C=O) groups is 2. The van der Waals surface area contributed by atoms with Gasteiger partial charge in [0.2, 0.25) is 5.91 Å². The molecule has 0 aliphatic carbocycles. The summed E-state index contributed by atoms with van der Waals surface area (Å²) in [6.07, 6.45) is 0.596. The first-order chi connectivity index (χ1) is 9.47. The second-order valence-corrected chi connectivity index (χ2v) is 4.90. The van der Waals surface area contributed by atoms with Gasteiger partial charge >= 0.3 is 5.97 Å². The molecule has 0 spiro atoms. The van der Waals surface area contributed by atoms with Gasteiger partial charge in [-0.2, -0.15) is 0 Å². The molecule has 1 fully saturated rings. The molecule has 1 aliphatic heterocycles. The number of carbonyl (C=O) groups excluding carboxylic acids is 1. The third kappa shape index (κ3) is 3.31. The Balaban J connectivity index is 1.90. The van der Waals surface area contributed by atoms with Crippen molar-refractivity contribution in [1.29, 1.82) is 0 Å². The Morgan fingerprint density at radius 1 is 1.35 bits per heavy atom. The standard InChI is InChI=1S/C14H15F2NO3/c15-11-2-3-12(16)9(7-11)1-4-13(18)17-6-5-10(8-17)14(19)20/h2-3,7,10H,1,4-6,8H2,(H,19,20)/t10-/m0/s1. The summed E-state index contributed by atoms with van der Waals surface area (Å²) in [4.78, 5) is 24.2. The van der Waals surface area contributed by atoms with Crippen LogP contribution in [0.4, 0.5) is 8.78 Å². The van der Waals surface area contributed by atoms with E-state index in [1.165, 1.54) is 4.90 Å². The van der Waals surface area contributed by atoms with Gasteiger partial charge in [-0.15, -0.1) is 0 Å². The van der Waals surface area contributed by atoms with Crippen molar-refractivity contribution >= 4 is 11.9 Å². The summed E-state index contributed by atoms with van der Waals surface area (Å²) < 4.78 is 26.4. The highest BCUT2D eigenvalue weighted by Crippen LogP contribution is 2.18. The summed E-state index contributed by atoms with van der Waals surface area (Å²) in [6, 6.07) is 3.14. The lowest BCUT2D eigenvalue weighted by Crippen LogP contribution is -2.30. The number of nitrogens with zero attached hydrogens (tertiary/aromatic N) is 1. The molecule has 1 heterocycles. The van der Waals surface area contributed by atoms with Crippen molar-refractivity contribution in [2.24, 2.45) is 5.92 Å². The smallest absolute Gasteiger partial charge is 0.308 e. The Hall–Kier alpha value is -1.98. The first-order valence-electron chi connectivity index (χ1n) is 6.42. The number of rotatable bonds is 4. The average Bonchev–Trinajstić information content (AvgIpc) is 2.89. The Labute approximate surface area is 115 Å². The lowest BCUT2D eigenvalue weighted by atomic mass is 10.1. The summed E-state index contributed by atoms with van der Waals surface area (Å²) in [5.74, 6) is -2.73. The summed E-state index contributed by atoms with van der Waals surface area (Å²) in [5.41, 5.74) is 0.160. The van der Waals surface area contributed by atoms with E-state index >= 15 is 0 Å². The van der Waals surface area contributed by atoms with Gasteiger partial charge in [0, 0.05) is 19.5 Å². The van der Waals surface area contributed by atoms with E-state index in [1.807, 2.05) is 0 Å².